The molecule has 1 aromatic carbocycles. The van der Waals surface area contributed by atoms with Gasteiger partial charge in [-0.25, -0.2) is 4.98 Å². The van der Waals surface area contributed by atoms with Crippen LogP contribution in [0.15, 0.2) is 48.1 Å². The van der Waals surface area contributed by atoms with Crippen molar-refractivity contribution in [1.82, 2.24) is 9.97 Å². The molecule has 0 fully saturated rings. The first-order chi connectivity index (χ1) is 11.5. The molecule has 3 aromatic rings. The summed E-state index contributed by atoms with van der Waals surface area (Å²) < 4.78 is 42.8. The number of aromatic nitrogens is 2. The van der Waals surface area contributed by atoms with Crippen LogP contribution < -0.4 is 9.61 Å². The molecular formula is C15H9ClF3N3OS. The lowest BCUT2D eigenvalue weighted by Crippen LogP contribution is -2.05. The van der Waals surface area contributed by atoms with Gasteiger partial charge in [0.25, 0.3) is 0 Å². The van der Waals surface area contributed by atoms with E-state index in [1.165, 1.54) is 23.6 Å². The Morgan fingerprint density at radius 3 is 2.75 bits per heavy atom. The lowest BCUT2D eigenvalue weighted by atomic mass is 10.2. The second kappa shape index (κ2) is 6.66. The highest BCUT2D eigenvalue weighted by Crippen LogP contribution is 2.33. The summed E-state index contributed by atoms with van der Waals surface area (Å²) in [7, 11) is 0. The summed E-state index contributed by atoms with van der Waals surface area (Å²) in [5.41, 5.74) is 0.876. The smallest absolute Gasteiger partial charge is 0.384 e. The Morgan fingerprint density at radius 2 is 2.00 bits per heavy atom. The van der Waals surface area contributed by atoms with Crippen LogP contribution in [-0.4, -0.2) is 9.97 Å². The third-order valence-corrected chi connectivity index (χ3v) is 3.98. The van der Waals surface area contributed by atoms with E-state index in [1.54, 1.807) is 23.7 Å². The molecule has 0 bridgehead atoms. The number of hydrogen-bond acceptors (Lipinski definition) is 5. The molecule has 124 valence electrons. The average molecular weight is 372 g/mol. The van der Waals surface area contributed by atoms with Crippen LogP contribution in [0.25, 0.3) is 11.3 Å². The number of pyridine rings is 1. The van der Waals surface area contributed by atoms with E-state index in [2.05, 4.69) is 19.6 Å². The van der Waals surface area contributed by atoms with Crippen LogP contribution in [-0.2, 0) is 6.18 Å². The Morgan fingerprint density at radius 1 is 1.17 bits per heavy atom. The zero-order valence-corrected chi connectivity index (χ0v) is 13.4. The van der Waals surface area contributed by atoms with Crippen molar-refractivity contribution in [2.45, 2.75) is 6.18 Å². The summed E-state index contributed by atoms with van der Waals surface area (Å²) in [5.74, 6) is 0.370. The standard InChI is InChI=1S/C15H9ClF3N3OS/c16-23-12-4-9(6-20-7-12)13-8-24-14(22-13)21-11-3-1-2-10(5-11)15(17,18)19/h1-8H,(H,21,22). The van der Waals surface area contributed by atoms with E-state index in [0.717, 1.165) is 12.1 Å². The summed E-state index contributed by atoms with van der Waals surface area (Å²) in [4.78, 5) is 8.30. The van der Waals surface area contributed by atoms with Crippen molar-refractivity contribution in [2.75, 3.05) is 5.32 Å². The van der Waals surface area contributed by atoms with Crippen molar-refractivity contribution in [3.8, 4) is 17.0 Å². The summed E-state index contributed by atoms with van der Waals surface area (Å²) in [6.45, 7) is 0. The lowest BCUT2D eigenvalue weighted by molar-refractivity contribution is -0.137. The van der Waals surface area contributed by atoms with Gasteiger partial charge in [-0.05, 0) is 24.3 Å². The Balaban J connectivity index is 1.81. The summed E-state index contributed by atoms with van der Waals surface area (Å²) in [6.07, 6.45) is -1.35. The molecule has 3 rings (SSSR count). The third kappa shape index (κ3) is 3.77. The topological polar surface area (TPSA) is 47.0 Å². The highest BCUT2D eigenvalue weighted by molar-refractivity contribution is 7.14. The van der Waals surface area contributed by atoms with Crippen molar-refractivity contribution < 1.29 is 17.5 Å². The Bertz CT molecular complexity index is 854. The van der Waals surface area contributed by atoms with Gasteiger partial charge in [0.15, 0.2) is 10.9 Å². The molecule has 0 amide bonds. The number of hydrogen-bond donors (Lipinski definition) is 1. The SMILES string of the molecule is FC(F)(F)c1cccc(Nc2nc(-c3cncc(OCl)c3)cs2)c1. The van der Waals surface area contributed by atoms with Gasteiger partial charge in [0.1, 0.15) is 11.9 Å². The first-order valence-electron chi connectivity index (χ1n) is 6.59. The van der Waals surface area contributed by atoms with Crippen LogP contribution in [0.1, 0.15) is 5.56 Å². The molecule has 0 aliphatic rings. The molecule has 0 radical (unpaired) electrons. The van der Waals surface area contributed by atoms with Crippen molar-refractivity contribution in [2.24, 2.45) is 0 Å². The van der Waals surface area contributed by atoms with Crippen molar-refractivity contribution in [3.05, 3.63) is 53.7 Å². The molecule has 0 saturated carbocycles. The minimum Gasteiger partial charge on any atom is -0.384 e. The van der Waals surface area contributed by atoms with E-state index in [4.69, 9.17) is 11.9 Å². The number of alkyl halides is 3. The van der Waals surface area contributed by atoms with Crippen molar-refractivity contribution in [3.63, 3.8) is 0 Å². The minimum absolute atomic E-state index is 0.307. The molecule has 2 aromatic heterocycles. The van der Waals surface area contributed by atoms with Gasteiger partial charge in [0, 0.05) is 22.8 Å². The van der Waals surface area contributed by atoms with Gasteiger partial charge in [-0.15, -0.1) is 11.3 Å². The van der Waals surface area contributed by atoms with Crippen molar-refractivity contribution >= 4 is 34.0 Å². The molecular weight excluding hydrogens is 363 g/mol. The molecule has 0 spiro atoms. The van der Waals surface area contributed by atoms with E-state index in [0.29, 0.717) is 27.8 Å². The van der Waals surface area contributed by atoms with Gasteiger partial charge in [-0.1, -0.05) is 6.07 Å². The quantitative estimate of drug-likeness (QED) is 0.657. The van der Waals surface area contributed by atoms with Gasteiger partial charge in [0.2, 0.25) is 0 Å². The predicted molar refractivity (Wildman–Crippen MR) is 86.6 cm³/mol. The van der Waals surface area contributed by atoms with E-state index >= 15 is 0 Å². The molecule has 0 saturated heterocycles. The normalized spacial score (nSPS) is 11.3. The van der Waals surface area contributed by atoms with E-state index in [-0.39, 0.29) is 0 Å². The zero-order valence-electron chi connectivity index (χ0n) is 11.8. The molecule has 0 atom stereocenters. The molecule has 1 N–H and O–H groups in total. The summed E-state index contributed by atoms with van der Waals surface area (Å²) >= 11 is 6.55. The molecule has 9 heteroatoms. The third-order valence-electron chi connectivity index (χ3n) is 3.04. The van der Waals surface area contributed by atoms with E-state index in [1.807, 2.05) is 0 Å². The fourth-order valence-corrected chi connectivity index (χ4v) is 2.79. The highest BCUT2D eigenvalue weighted by Gasteiger charge is 2.30. The van der Waals surface area contributed by atoms with E-state index < -0.39 is 11.7 Å². The maximum absolute atomic E-state index is 12.7. The largest absolute Gasteiger partial charge is 0.416 e. The van der Waals surface area contributed by atoms with Gasteiger partial charge >= 0.3 is 6.18 Å². The molecule has 4 nitrogen and oxygen atoms in total. The summed E-state index contributed by atoms with van der Waals surface area (Å²) in [5, 5.41) is 5.08. The molecule has 0 unspecified atom stereocenters. The van der Waals surface area contributed by atoms with Gasteiger partial charge in [-0.2, -0.15) is 13.2 Å². The Labute approximate surface area is 144 Å². The van der Waals surface area contributed by atoms with Crippen LogP contribution in [0, 0.1) is 0 Å². The molecule has 2 heterocycles. The first-order valence-corrected chi connectivity index (χ1v) is 7.78. The van der Waals surface area contributed by atoms with Crippen LogP contribution >= 0.6 is 23.2 Å². The fraction of sp³-hybridized carbons (Fsp3) is 0.0667. The number of halogens is 4. The number of nitrogens with zero attached hydrogens (tertiary/aromatic N) is 2. The first kappa shape index (κ1) is 16.5. The minimum atomic E-state index is -4.39. The number of nitrogens with one attached hydrogen (secondary N) is 1. The van der Waals surface area contributed by atoms with Crippen LogP contribution in [0.2, 0.25) is 0 Å². The second-order valence-corrected chi connectivity index (χ2v) is 5.74. The zero-order chi connectivity index (χ0) is 17.2. The molecule has 0 aliphatic carbocycles. The monoisotopic (exact) mass is 371 g/mol. The number of anilines is 2. The number of thiazole rings is 1. The van der Waals surface area contributed by atoms with Crippen molar-refractivity contribution in [1.29, 1.82) is 0 Å². The van der Waals surface area contributed by atoms with Gasteiger partial charge < -0.3 is 9.61 Å². The Hall–Kier alpha value is -2.32. The van der Waals surface area contributed by atoms with Crippen LogP contribution in [0.5, 0.6) is 5.75 Å². The van der Waals surface area contributed by atoms with Crippen LogP contribution in [0.4, 0.5) is 24.0 Å². The molecule has 24 heavy (non-hydrogen) atoms. The molecule has 0 aliphatic heterocycles. The predicted octanol–water partition coefficient (Wildman–Crippen LogP) is 5.50. The maximum atomic E-state index is 12.7. The van der Waals surface area contributed by atoms with Crippen LogP contribution in [0.3, 0.4) is 0 Å². The number of benzene rings is 1. The summed E-state index contributed by atoms with van der Waals surface area (Å²) in [6, 6.07) is 6.58. The Kier molecular flexibility index (Phi) is 4.59. The van der Waals surface area contributed by atoms with Gasteiger partial charge in [-0.3, -0.25) is 4.98 Å². The second-order valence-electron chi connectivity index (χ2n) is 4.73. The average Bonchev–Trinajstić information content (AvgIpc) is 3.03. The highest BCUT2D eigenvalue weighted by atomic mass is 35.5. The van der Waals surface area contributed by atoms with Gasteiger partial charge in [0.05, 0.1) is 17.5 Å². The van der Waals surface area contributed by atoms with E-state index in [9.17, 15) is 13.2 Å². The number of rotatable bonds is 4. The fourth-order valence-electron chi connectivity index (χ4n) is 1.96. The maximum Gasteiger partial charge on any atom is 0.416 e. The lowest BCUT2D eigenvalue weighted by Gasteiger charge is -2.08.